The maximum atomic E-state index is 13.3. The van der Waals surface area contributed by atoms with E-state index in [9.17, 15) is 9.59 Å². The first-order valence-electron chi connectivity index (χ1n) is 9.39. The Morgan fingerprint density at radius 1 is 1.31 bits per heavy atom. The largest absolute Gasteiger partial charge is 0.448 e. The highest BCUT2D eigenvalue weighted by Crippen LogP contribution is 2.56. The number of nitrogens with zero attached hydrogens (tertiary/aromatic N) is 2. The fraction of sp³-hybridized carbons (Fsp3) is 0.722. The van der Waals surface area contributed by atoms with Gasteiger partial charge in [0.15, 0.2) is 0 Å². The summed E-state index contributed by atoms with van der Waals surface area (Å²) < 4.78 is 6.37. The number of hydrogen-bond donors (Lipinski definition) is 2. The summed E-state index contributed by atoms with van der Waals surface area (Å²) in [4.78, 5) is 25.7. The van der Waals surface area contributed by atoms with Crippen LogP contribution in [0.5, 0.6) is 0 Å². The first-order valence-corrected chi connectivity index (χ1v) is 12.9. The van der Waals surface area contributed by atoms with Crippen molar-refractivity contribution in [3.05, 3.63) is 11.3 Å². The van der Waals surface area contributed by atoms with Crippen LogP contribution in [-0.2, 0) is 21.6 Å². The van der Waals surface area contributed by atoms with Gasteiger partial charge in [-0.3, -0.25) is 4.79 Å². The van der Waals surface area contributed by atoms with E-state index < -0.39 is 14.2 Å². The molecule has 0 radical (unpaired) electrons. The van der Waals surface area contributed by atoms with E-state index in [1.807, 2.05) is 13.8 Å². The van der Waals surface area contributed by atoms with Crippen molar-refractivity contribution in [1.29, 1.82) is 0 Å². The molecule has 0 atom stereocenters. The Kier molecular flexibility index (Phi) is 4.55. The lowest BCUT2D eigenvalue weighted by Crippen LogP contribution is -2.52. The standard InChI is InChI=1S/C18H30N4O3Si/c1-7-25-16(24)22-14(12-11-19-17(2,3)13(12)21-22)20-15(23)18(9-8-10-18)26(4,5)6/h19H,7-11H2,1-6H3,(H,20,23). The summed E-state index contributed by atoms with van der Waals surface area (Å²) in [7, 11) is -1.71. The highest BCUT2D eigenvalue weighted by molar-refractivity contribution is 6.83. The van der Waals surface area contributed by atoms with E-state index >= 15 is 0 Å². The van der Waals surface area contributed by atoms with Crippen molar-refractivity contribution in [3.8, 4) is 0 Å². The van der Waals surface area contributed by atoms with E-state index in [0.717, 1.165) is 30.5 Å². The summed E-state index contributed by atoms with van der Waals surface area (Å²) in [6.45, 7) is 13.3. The van der Waals surface area contributed by atoms with Crippen LogP contribution in [0.15, 0.2) is 0 Å². The van der Waals surface area contributed by atoms with Gasteiger partial charge in [-0.25, -0.2) is 4.79 Å². The number of carbonyl (C=O) groups is 2. The fourth-order valence-corrected chi connectivity index (χ4v) is 6.63. The molecule has 1 fully saturated rings. The molecule has 0 saturated heterocycles. The maximum Gasteiger partial charge on any atom is 0.436 e. The van der Waals surface area contributed by atoms with Crippen LogP contribution < -0.4 is 10.6 Å². The summed E-state index contributed by atoms with van der Waals surface area (Å²) in [5.74, 6) is 0.493. The Balaban J connectivity index is 1.99. The molecule has 26 heavy (non-hydrogen) atoms. The molecule has 0 aromatic carbocycles. The number of amides is 1. The Hall–Kier alpha value is -1.67. The van der Waals surface area contributed by atoms with Gasteiger partial charge in [-0.15, -0.1) is 4.68 Å². The van der Waals surface area contributed by atoms with Crippen LogP contribution in [0.3, 0.4) is 0 Å². The van der Waals surface area contributed by atoms with Crippen LogP contribution in [0.2, 0.25) is 24.7 Å². The summed E-state index contributed by atoms with van der Waals surface area (Å²) in [6.07, 6.45) is 2.38. The molecule has 1 aliphatic heterocycles. The molecule has 1 saturated carbocycles. The Labute approximate surface area is 155 Å². The molecule has 8 heteroatoms. The van der Waals surface area contributed by atoms with E-state index in [0.29, 0.717) is 12.4 Å². The Morgan fingerprint density at radius 3 is 2.46 bits per heavy atom. The number of hydrogen-bond acceptors (Lipinski definition) is 5. The molecule has 0 bridgehead atoms. The Bertz CT molecular complexity index is 744. The lowest BCUT2D eigenvalue weighted by Gasteiger charge is -2.48. The number of rotatable bonds is 4. The van der Waals surface area contributed by atoms with Gasteiger partial charge in [0.25, 0.3) is 0 Å². The van der Waals surface area contributed by atoms with E-state index in [2.05, 4.69) is 35.4 Å². The van der Waals surface area contributed by atoms with Gasteiger partial charge in [-0.1, -0.05) is 26.1 Å². The second-order valence-electron chi connectivity index (χ2n) is 8.90. The van der Waals surface area contributed by atoms with Crippen molar-refractivity contribution in [2.24, 2.45) is 0 Å². The normalized spacial score (nSPS) is 20.2. The molecule has 2 aliphatic rings. The predicted molar refractivity (Wildman–Crippen MR) is 103 cm³/mol. The monoisotopic (exact) mass is 378 g/mol. The van der Waals surface area contributed by atoms with Crippen molar-refractivity contribution in [2.45, 2.75) is 76.8 Å². The van der Waals surface area contributed by atoms with Gasteiger partial charge in [-0.05, 0) is 33.6 Å². The molecule has 144 valence electrons. The topological polar surface area (TPSA) is 85.2 Å². The van der Waals surface area contributed by atoms with Crippen LogP contribution in [-0.4, -0.2) is 36.5 Å². The summed E-state index contributed by atoms with van der Waals surface area (Å²) in [5, 5.41) is 10.7. The zero-order valence-electron chi connectivity index (χ0n) is 16.7. The third-order valence-electron chi connectivity index (χ3n) is 6.03. The zero-order chi connectivity index (χ0) is 19.3. The van der Waals surface area contributed by atoms with Crippen LogP contribution in [0.25, 0.3) is 0 Å². The predicted octanol–water partition coefficient (Wildman–Crippen LogP) is 3.43. The number of nitrogens with one attached hydrogen (secondary N) is 2. The molecule has 7 nitrogen and oxygen atoms in total. The second kappa shape index (κ2) is 6.19. The number of anilines is 1. The molecule has 1 aromatic heterocycles. The van der Waals surface area contributed by atoms with E-state index in [-0.39, 0.29) is 23.1 Å². The van der Waals surface area contributed by atoms with Gasteiger partial charge < -0.3 is 15.4 Å². The van der Waals surface area contributed by atoms with Gasteiger partial charge >= 0.3 is 6.09 Å². The fourth-order valence-electron chi connectivity index (χ4n) is 4.03. The number of fused-ring (bicyclic) bond motifs is 1. The molecule has 0 spiro atoms. The minimum Gasteiger partial charge on any atom is -0.448 e. The smallest absolute Gasteiger partial charge is 0.436 e. The van der Waals surface area contributed by atoms with Crippen molar-refractivity contribution in [1.82, 2.24) is 15.1 Å². The molecule has 0 unspecified atom stereocenters. The first-order chi connectivity index (χ1) is 12.0. The van der Waals surface area contributed by atoms with Gasteiger partial charge in [-0.2, -0.15) is 5.10 Å². The van der Waals surface area contributed by atoms with E-state index in [4.69, 9.17) is 4.74 Å². The summed E-state index contributed by atoms with van der Waals surface area (Å²) in [6, 6.07) is 0. The van der Waals surface area contributed by atoms with Gasteiger partial charge in [0, 0.05) is 17.1 Å². The van der Waals surface area contributed by atoms with Crippen LogP contribution in [0.1, 0.15) is 51.3 Å². The third kappa shape index (κ3) is 2.79. The average Bonchev–Trinajstić information content (AvgIpc) is 2.95. The lowest BCUT2D eigenvalue weighted by molar-refractivity contribution is -0.121. The van der Waals surface area contributed by atoms with Gasteiger partial charge in [0.05, 0.1) is 25.9 Å². The third-order valence-corrected chi connectivity index (χ3v) is 9.63. The molecule has 1 aromatic rings. The Morgan fingerprint density at radius 2 is 1.96 bits per heavy atom. The lowest BCUT2D eigenvalue weighted by atomic mass is 9.83. The average molecular weight is 379 g/mol. The number of ether oxygens (including phenoxy) is 1. The molecule has 3 rings (SSSR count). The van der Waals surface area contributed by atoms with Crippen molar-refractivity contribution in [2.75, 3.05) is 11.9 Å². The molecular weight excluding hydrogens is 348 g/mol. The van der Waals surface area contributed by atoms with E-state index in [1.54, 1.807) is 6.92 Å². The summed E-state index contributed by atoms with van der Waals surface area (Å²) >= 11 is 0. The molecule has 2 N–H and O–H groups in total. The highest BCUT2D eigenvalue weighted by Gasteiger charge is 2.54. The number of carbonyl (C=O) groups excluding carboxylic acids is 2. The second-order valence-corrected chi connectivity index (χ2v) is 14.4. The minimum absolute atomic E-state index is 0.0286. The van der Waals surface area contributed by atoms with Crippen molar-refractivity contribution >= 4 is 25.9 Å². The highest BCUT2D eigenvalue weighted by atomic mass is 28.3. The minimum atomic E-state index is -1.71. The van der Waals surface area contributed by atoms with Crippen LogP contribution >= 0.6 is 0 Å². The van der Waals surface area contributed by atoms with Crippen LogP contribution in [0.4, 0.5) is 10.6 Å². The first kappa shape index (κ1) is 19.1. The van der Waals surface area contributed by atoms with Crippen LogP contribution in [0, 0.1) is 0 Å². The zero-order valence-corrected chi connectivity index (χ0v) is 17.7. The molecular formula is C18H30N4O3Si. The van der Waals surface area contributed by atoms with Crippen molar-refractivity contribution in [3.63, 3.8) is 0 Å². The quantitative estimate of drug-likeness (QED) is 0.784. The van der Waals surface area contributed by atoms with Crippen molar-refractivity contribution < 1.29 is 14.3 Å². The maximum absolute atomic E-state index is 13.3. The molecule has 1 aliphatic carbocycles. The van der Waals surface area contributed by atoms with Gasteiger partial charge in [0.1, 0.15) is 5.82 Å². The van der Waals surface area contributed by atoms with E-state index in [1.165, 1.54) is 4.68 Å². The summed E-state index contributed by atoms with van der Waals surface area (Å²) in [5.41, 5.74) is 1.32. The molecule has 2 heterocycles. The molecule has 1 amide bonds. The SMILES string of the molecule is CCOC(=O)n1nc2c(c1NC(=O)C1([Si](C)(C)C)CCC1)CNC2(C)C. The number of aromatic nitrogens is 2. The van der Waals surface area contributed by atoms with Gasteiger partial charge in [0.2, 0.25) is 5.91 Å².